The number of carbonyl (C=O) groups is 2. The second-order valence-corrected chi connectivity index (χ2v) is 6.48. The summed E-state index contributed by atoms with van der Waals surface area (Å²) in [5, 5.41) is 12.1. The van der Waals surface area contributed by atoms with Crippen LogP contribution in [-0.2, 0) is 16.1 Å². The van der Waals surface area contributed by atoms with Crippen LogP contribution in [0, 0.1) is 13.8 Å². The van der Waals surface area contributed by atoms with Crippen molar-refractivity contribution in [3.05, 3.63) is 58.1 Å². The normalized spacial score (nSPS) is 15.3. The van der Waals surface area contributed by atoms with Crippen molar-refractivity contribution in [1.29, 1.82) is 0 Å². The van der Waals surface area contributed by atoms with Gasteiger partial charge in [-0.1, -0.05) is 6.07 Å². The molecule has 0 radical (unpaired) electrons. The lowest BCUT2D eigenvalue weighted by atomic mass is 9.96. The van der Waals surface area contributed by atoms with Crippen LogP contribution in [0.3, 0.4) is 0 Å². The molecule has 2 aromatic carbocycles. The number of aryl methyl sites for hydroxylation is 2. The van der Waals surface area contributed by atoms with Crippen molar-refractivity contribution in [2.24, 2.45) is 0 Å². The van der Waals surface area contributed by atoms with E-state index >= 15 is 0 Å². The summed E-state index contributed by atoms with van der Waals surface area (Å²) in [7, 11) is 1.53. The lowest BCUT2D eigenvalue weighted by Crippen LogP contribution is -2.22. The van der Waals surface area contributed by atoms with Gasteiger partial charge in [-0.2, -0.15) is 0 Å². The molecule has 1 heterocycles. The Morgan fingerprint density at radius 3 is 2.62 bits per heavy atom. The van der Waals surface area contributed by atoms with Crippen molar-refractivity contribution in [3.8, 4) is 5.75 Å². The summed E-state index contributed by atoms with van der Waals surface area (Å²) >= 11 is 0. The number of amides is 1. The van der Waals surface area contributed by atoms with Gasteiger partial charge in [-0.3, -0.25) is 4.79 Å². The van der Waals surface area contributed by atoms with Crippen LogP contribution < -0.4 is 10.1 Å². The Bertz CT molecular complexity index is 875. The summed E-state index contributed by atoms with van der Waals surface area (Å²) in [4.78, 5) is 24.1. The van der Waals surface area contributed by atoms with E-state index in [4.69, 9.17) is 9.47 Å². The van der Waals surface area contributed by atoms with Gasteiger partial charge in [-0.15, -0.1) is 0 Å². The Labute approximate surface area is 151 Å². The highest BCUT2D eigenvalue weighted by molar-refractivity contribution is 5.98. The molecule has 136 valence electrons. The third kappa shape index (κ3) is 3.55. The number of aromatic carboxylic acids is 1. The Kier molecular flexibility index (Phi) is 4.95. The number of hydrogen-bond donors (Lipinski definition) is 2. The van der Waals surface area contributed by atoms with Crippen molar-refractivity contribution in [3.63, 3.8) is 0 Å². The molecule has 0 fully saturated rings. The maximum Gasteiger partial charge on any atom is 0.335 e. The van der Waals surface area contributed by atoms with Gasteiger partial charge in [0.2, 0.25) is 5.91 Å². The predicted octanol–water partition coefficient (Wildman–Crippen LogP) is 3.26. The molecule has 26 heavy (non-hydrogen) atoms. The minimum absolute atomic E-state index is 0.101. The smallest absolute Gasteiger partial charge is 0.335 e. The highest BCUT2D eigenvalue weighted by Crippen LogP contribution is 2.36. The molecule has 3 rings (SSSR count). The minimum atomic E-state index is -1.06. The van der Waals surface area contributed by atoms with E-state index in [2.05, 4.69) is 5.32 Å². The number of benzene rings is 2. The number of methoxy groups -OCH3 is 1. The summed E-state index contributed by atoms with van der Waals surface area (Å²) in [5.41, 5.74) is 4.28. The summed E-state index contributed by atoms with van der Waals surface area (Å²) in [6.07, 6.45) is 0. The third-order valence-electron chi connectivity index (χ3n) is 4.54. The standard InChI is InChI=1S/C20H21NO5/c1-11-4-16-17(10-26-18(16)5-12(11)2)19(22)21-15-7-13(9-25-3)6-14(8-15)20(23)24/h4-8,17H,9-10H2,1-3H3,(H,21,22)(H,23,24). The second kappa shape index (κ2) is 7.17. The molecule has 1 atom stereocenters. The topological polar surface area (TPSA) is 84.9 Å². The number of carboxylic acids is 1. The zero-order valence-corrected chi connectivity index (χ0v) is 15.0. The van der Waals surface area contributed by atoms with Gasteiger partial charge in [-0.25, -0.2) is 4.79 Å². The molecule has 2 N–H and O–H groups in total. The fourth-order valence-corrected chi connectivity index (χ4v) is 3.06. The monoisotopic (exact) mass is 355 g/mol. The number of rotatable bonds is 5. The van der Waals surface area contributed by atoms with Crippen LogP contribution in [0.5, 0.6) is 5.75 Å². The average Bonchev–Trinajstić information content (AvgIpc) is 2.98. The first-order valence-corrected chi connectivity index (χ1v) is 8.30. The molecule has 0 aromatic heterocycles. The molecule has 0 spiro atoms. The molecule has 6 heteroatoms. The van der Waals surface area contributed by atoms with E-state index in [0.29, 0.717) is 11.3 Å². The van der Waals surface area contributed by atoms with Crippen molar-refractivity contribution >= 4 is 17.6 Å². The Balaban J connectivity index is 1.85. The van der Waals surface area contributed by atoms with E-state index in [1.807, 2.05) is 26.0 Å². The molecule has 0 aliphatic carbocycles. The van der Waals surface area contributed by atoms with Gasteiger partial charge in [0.15, 0.2) is 0 Å². The quantitative estimate of drug-likeness (QED) is 0.860. The van der Waals surface area contributed by atoms with Gasteiger partial charge >= 0.3 is 5.97 Å². The highest BCUT2D eigenvalue weighted by atomic mass is 16.5. The fraction of sp³-hybridized carbons (Fsp3) is 0.300. The average molecular weight is 355 g/mol. The van der Waals surface area contributed by atoms with Crippen LogP contribution in [0.2, 0.25) is 0 Å². The maximum atomic E-state index is 12.8. The van der Waals surface area contributed by atoms with E-state index in [1.54, 1.807) is 6.07 Å². The first-order chi connectivity index (χ1) is 12.4. The van der Waals surface area contributed by atoms with Gasteiger partial charge in [0, 0.05) is 18.4 Å². The predicted molar refractivity (Wildman–Crippen MR) is 96.9 cm³/mol. The van der Waals surface area contributed by atoms with Crippen molar-refractivity contribution < 1.29 is 24.2 Å². The van der Waals surface area contributed by atoms with Gasteiger partial charge in [0.05, 0.1) is 12.2 Å². The SMILES string of the molecule is COCc1cc(NC(=O)C2COc3cc(C)c(C)cc32)cc(C(=O)O)c1. The lowest BCUT2D eigenvalue weighted by Gasteiger charge is -2.13. The van der Waals surface area contributed by atoms with Crippen LogP contribution in [0.4, 0.5) is 5.69 Å². The van der Waals surface area contributed by atoms with Crippen molar-refractivity contribution in [2.75, 3.05) is 19.0 Å². The summed E-state index contributed by atoms with van der Waals surface area (Å²) in [6.45, 7) is 4.53. The fourth-order valence-electron chi connectivity index (χ4n) is 3.06. The summed E-state index contributed by atoms with van der Waals surface area (Å²) in [5.74, 6) is -0.978. The van der Waals surface area contributed by atoms with Crippen LogP contribution in [-0.4, -0.2) is 30.7 Å². The van der Waals surface area contributed by atoms with E-state index < -0.39 is 11.9 Å². The van der Waals surface area contributed by atoms with Gasteiger partial charge < -0.3 is 19.9 Å². The highest BCUT2D eigenvalue weighted by Gasteiger charge is 2.31. The van der Waals surface area contributed by atoms with Crippen LogP contribution in [0.25, 0.3) is 0 Å². The second-order valence-electron chi connectivity index (χ2n) is 6.48. The van der Waals surface area contributed by atoms with Crippen LogP contribution in [0.1, 0.15) is 38.5 Å². The van der Waals surface area contributed by atoms with E-state index in [9.17, 15) is 14.7 Å². The molecule has 1 aliphatic rings. The zero-order chi connectivity index (χ0) is 18.8. The van der Waals surface area contributed by atoms with Crippen LogP contribution in [0.15, 0.2) is 30.3 Å². The number of hydrogen-bond acceptors (Lipinski definition) is 4. The lowest BCUT2D eigenvalue weighted by molar-refractivity contribution is -0.117. The van der Waals surface area contributed by atoms with E-state index in [1.165, 1.54) is 19.2 Å². The number of carboxylic acid groups (broad SMARTS) is 1. The molecule has 1 aliphatic heterocycles. The van der Waals surface area contributed by atoms with E-state index in [-0.39, 0.29) is 24.7 Å². The maximum absolute atomic E-state index is 12.8. The summed E-state index contributed by atoms with van der Waals surface area (Å²) in [6, 6.07) is 8.61. The molecule has 1 amide bonds. The van der Waals surface area contributed by atoms with Gasteiger partial charge in [0.1, 0.15) is 18.3 Å². The van der Waals surface area contributed by atoms with Crippen molar-refractivity contribution in [1.82, 2.24) is 0 Å². The van der Waals surface area contributed by atoms with Crippen LogP contribution >= 0.6 is 0 Å². The Morgan fingerprint density at radius 2 is 1.92 bits per heavy atom. The molecular weight excluding hydrogens is 334 g/mol. The number of nitrogens with one attached hydrogen (secondary N) is 1. The first-order valence-electron chi connectivity index (χ1n) is 8.30. The Morgan fingerprint density at radius 1 is 1.19 bits per heavy atom. The molecule has 2 aromatic rings. The Hall–Kier alpha value is -2.86. The number of anilines is 1. The van der Waals surface area contributed by atoms with Gasteiger partial charge in [-0.05, 0) is 54.8 Å². The molecule has 0 bridgehead atoms. The first kappa shape index (κ1) is 17.9. The zero-order valence-electron chi connectivity index (χ0n) is 15.0. The third-order valence-corrected chi connectivity index (χ3v) is 4.54. The molecule has 0 saturated heterocycles. The largest absolute Gasteiger partial charge is 0.492 e. The van der Waals surface area contributed by atoms with E-state index in [0.717, 1.165) is 22.4 Å². The molecule has 6 nitrogen and oxygen atoms in total. The molecular formula is C20H21NO5. The van der Waals surface area contributed by atoms with Gasteiger partial charge in [0.25, 0.3) is 0 Å². The number of fused-ring (bicyclic) bond motifs is 1. The number of ether oxygens (including phenoxy) is 2. The summed E-state index contributed by atoms with van der Waals surface area (Å²) < 4.78 is 10.7. The minimum Gasteiger partial charge on any atom is -0.492 e. The van der Waals surface area contributed by atoms with Crippen molar-refractivity contribution in [2.45, 2.75) is 26.4 Å². The number of carbonyl (C=O) groups excluding carboxylic acids is 1. The molecule has 1 unspecified atom stereocenters. The molecule has 0 saturated carbocycles.